The molecule has 0 fully saturated rings. The third-order valence-corrected chi connectivity index (χ3v) is 2.67. The summed E-state index contributed by atoms with van der Waals surface area (Å²) in [6.45, 7) is 6.28. The molecule has 0 radical (unpaired) electrons. The van der Waals surface area contributed by atoms with Crippen molar-refractivity contribution in [3.05, 3.63) is 22.3 Å². The molecule has 1 aromatic rings. The number of aryl methyl sites for hydroxylation is 1. The summed E-state index contributed by atoms with van der Waals surface area (Å²) in [6.07, 6.45) is 2.47. The highest BCUT2D eigenvalue weighted by Gasteiger charge is 2.17. The van der Waals surface area contributed by atoms with Crippen LogP contribution in [0.5, 0.6) is 0 Å². The third kappa shape index (κ3) is 3.80. The van der Waals surface area contributed by atoms with Crippen molar-refractivity contribution in [1.82, 2.24) is 4.98 Å². The number of nitrogens with zero attached hydrogens (tertiary/aromatic N) is 1. The fourth-order valence-corrected chi connectivity index (χ4v) is 1.78. The van der Waals surface area contributed by atoms with E-state index in [1.807, 2.05) is 26.8 Å². The van der Waals surface area contributed by atoms with E-state index in [0.29, 0.717) is 6.42 Å². The minimum atomic E-state index is -0.139. The maximum Gasteiger partial charge on any atom is 0.129 e. The maximum absolute atomic E-state index is 8.93. The Morgan fingerprint density at radius 3 is 2.73 bits per heavy atom. The van der Waals surface area contributed by atoms with Crippen LogP contribution in [0.4, 0.5) is 5.82 Å². The summed E-state index contributed by atoms with van der Waals surface area (Å²) >= 11 is 3.38. The van der Waals surface area contributed by atoms with Crippen molar-refractivity contribution in [2.75, 3.05) is 11.9 Å². The number of anilines is 1. The number of aliphatic hydroxyl groups is 1. The van der Waals surface area contributed by atoms with Crippen LogP contribution in [0.3, 0.4) is 0 Å². The summed E-state index contributed by atoms with van der Waals surface area (Å²) in [7, 11) is 0. The van der Waals surface area contributed by atoms with Gasteiger partial charge < -0.3 is 10.4 Å². The van der Waals surface area contributed by atoms with Gasteiger partial charge in [-0.3, -0.25) is 0 Å². The standard InChI is InChI=1S/C11H17BrN2O/c1-8-6-9(12)7-13-10(8)14-11(2,3)4-5-15/h6-7,15H,4-5H2,1-3H3,(H,13,14). The van der Waals surface area contributed by atoms with Crippen LogP contribution in [0.25, 0.3) is 0 Å². The van der Waals surface area contributed by atoms with E-state index in [2.05, 4.69) is 26.2 Å². The normalized spacial score (nSPS) is 11.5. The zero-order chi connectivity index (χ0) is 11.5. The number of hydrogen-bond acceptors (Lipinski definition) is 3. The molecule has 15 heavy (non-hydrogen) atoms. The van der Waals surface area contributed by atoms with E-state index in [4.69, 9.17) is 5.11 Å². The molecular formula is C11H17BrN2O. The van der Waals surface area contributed by atoms with Crippen molar-refractivity contribution >= 4 is 21.7 Å². The predicted octanol–water partition coefficient (Wildman–Crippen LogP) is 2.73. The van der Waals surface area contributed by atoms with Crippen LogP contribution in [0, 0.1) is 6.92 Å². The zero-order valence-electron chi connectivity index (χ0n) is 9.34. The number of pyridine rings is 1. The highest BCUT2D eigenvalue weighted by atomic mass is 79.9. The molecule has 1 heterocycles. The predicted molar refractivity (Wildman–Crippen MR) is 66.1 cm³/mol. The third-order valence-electron chi connectivity index (χ3n) is 2.24. The molecule has 0 amide bonds. The Labute approximate surface area is 99.1 Å². The SMILES string of the molecule is Cc1cc(Br)cnc1NC(C)(C)CCO. The van der Waals surface area contributed by atoms with Gasteiger partial charge in [0.1, 0.15) is 5.82 Å². The van der Waals surface area contributed by atoms with Gasteiger partial charge in [0.15, 0.2) is 0 Å². The average molecular weight is 273 g/mol. The molecule has 1 rings (SSSR count). The number of rotatable bonds is 4. The summed E-state index contributed by atoms with van der Waals surface area (Å²) < 4.78 is 0.977. The van der Waals surface area contributed by atoms with Crippen molar-refractivity contribution in [2.24, 2.45) is 0 Å². The quantitative estimate of drug-likeness (QED) is 0.886. The van der Waals surface area contributed by atoms with Gasteiger partial charge in [-0.05, 0) is 54.8 Å². The van der Waals surface area contributed by atoms with Gasteiger partial charge in [-0.15, -0.1) is 0 Å². The lowest BCUT2D eigenvalue weighted by atomic mass is 10.0. The minimum absolute atomic E-state index is 0.139. The second-order valence-electron chi connectivity index (χ2n) is 4.30. The van der Waals surface area contributed by atoms with Crippen LogP contribution in [0.2, 0.25) is 0 Å². The van der Waals surface area contributed by atoms with Crippen molar-refractivity contribution in [3.63, 3.8) is 0 Å². The van der Waals surface area contributed by atoms with Crippen molar-refractivity contribution in [3.8, 4) is 0 Å². The number of halogens is 1. The monoisotopic (exact) mass is 272 g/mol. The average Bonchev–Trinajstić information content (AvgIpc) is 2.09. The van der Waals surface area contributed by atoms with Gasteiger partial charge in [0.2, 0.25) is 0 Å². The van der Waals surface area contributed by atoms with Crippen LogP contribution < -0.4 is 5.32 Å². The molecule has 0 aliphatic carbocycles. The van der Waals surface area contributed by atoms with E-state index >= 15 is 0 Å². The smallest absolute Gasteiger partial charge is 0.129 e. The molecule has 0 saturated heterocycles. The maximum atomic E-state index is 8.93. The fraction of sp³-hybridized carbons (Fsp3) is 0.545. The summed E-state index contributed by atoms with van der Waals surface area (Å²) in [5.41, 5.74) is 0.954. The molecule has 0 unspecified atom stereocenters. The molecule has 0 aliphatic heterocycles. The molecule has 4 heteroatoms. The first-order valence-electron chi connectivity index (χ1n) is 4.96. The van der Waals surface area contributed by atoms with E-state index in [1.54, 1.807) is 6.20 Å². The van der Waals surface area contributed by atoms with E-state index in [0.717, 1.165) is 15.9 Å². The van der Waals surface area contributed by atoms with Crippen LogP contribution in [-0.4, -0.2) is 22.2 Å². The van der Waals surface area contributed by atoms with Crippen LogP contribution >= 0.6 is 15.9 Å². The van der Waals surface area contributed by atoms with Gasteiger partial charge >= 0.3 is 0 Å². The number of hydrogen-bond donors (Lipinski definition) is 2. The Balaban J connectivity index is 2.80. The largest absolute Gasteiger partial charge is 0.396 e. The molecule has 0 aliphatic rings. The Morgan fingerprint density at radius 1 is 1.53 bits per heavy atom. The first-order chi connectivity index (χ1) is 6.94. The Bertz CT molecular complexity index is 339. The van der Waals surface area contributed by atoms with E-state index in [-0.39, 0.29) is 12.1 Å². The lowest BCUT2D eigenvalue weighted by Gasteiger charge is -2.26. The van der Waals surface area contributed by atoms with Crippen molar-refractivity contribution < 1.29 is 5.11 Å². The lowest BCUT2D eigenvalue weighted by Crippen LogP contribution is -2.32. The van der Waals surface area contributed by atoms with Gasteiger partial charge in [0.25, 0.3) is 0 Å². The molecular weight excluding hydrogens is 256 g/mol. The Hall–Kier alpha value is -0.610. The van der Waals surface area contributed by atoms with Crippen LogP contribution in [-0.2, 0) is 0 Å². The van der Waals surface area contributed by atoms with E-state index in [1.165, 1.54) is 0 Å². The summed E-state index contributed by atoms with van der Waals surface area (Å²) in [5.74, 6) is 0.872. The molecule has 0 spiro atoms. The van der Waals surface area contributed by atoms with Gasteiger partial charge in [-0.2, -0.15) is 0 Å². The highest BCUT2D eigenvalue weighted by Crippen LogP contribution is 2.21. The van der Waals surface area contributed by atoms with Crippen LogP contribution in [0.1, 0.15) is 25.8 Å². The van der Waals surface area contributed by atoms with Gasteiger partial charge in [-0.1, -0.05) is 0 Å². The van der Waals surface area contributed by atoms with Gasteiger partial charge in [-0.25, -0.2) is 4.98 Å². The molecule has 3 nitrogen and oxygen atoms in total. The molecule has 0 bridgehead atoms. The van der Waals surface area contributed by atoms with Crippen molar-refractivity contribution in [2.45, 2.75) is 32.7 Å². The molecule has 0 atom stereocenters. The van der Waals surface area contributed by atoms with E-state index in [9.17, 15) is 0 Å². The molecule has 0 aromatic carbocycles. The lowest BCUT2D eigenvalue weighted by molar-refractivity contribution is 0.260. The second-order valence-corrected chi connectivity index (χ2v) is 5.22. The highest BCUT2D eigenvalue weighted by molar-refractivity contribution is 9.10. The molecule has 0 saturated carbocycles. The number of aromatic nitrogens is 1. The van der Waals surface area contributed by atoms with Gasteiger partial charge in [0, 0.05) is 22.8 Å². The first-order valence-corrected chi connectivity index (χ1v) is 5.75. The number of nitrogens with one attached hydrogen (secondary N) is 1. The summed E-state index contributed by atoms with van der Waals surface area (Å²) in [5, 5.41) is 12.2. The Kier molecular flexibility index (Phi) is 4.11. The van der Waals surface area contributed by atoms with E-state index < -0.39 is 0 Å². The second kappa shape index (κ2) is 4.94. The molecule has 84 valence electrons. The summed E-state index contributed by atoms with van der Waals surface area (Å²) in [4.78, 5) is 4.31. The fourth-order valence-electron chi connectivity index (χ4n) is 1.33. The molecule has 2 N–H and O–H groups in total. The topological polar surface area (TPSA) is 45.2 Å². The minimum Gasteiger partial charge on any atom is -0.396 e. The first kappa shape index (κ1) is 12.5. The number of aliphatic hydroxyl groups excluding tert-OH is 1. The van der Waals surface area contributed by atoms with Gasteiger partial charge in [0.05, 0.1) is 0 Å². The van der Waals surface area contributed by atoms with Crippen LogP contribution in [0.15, 0.2) is 16.7 Å². The molecule has 1 aromatic heterocycles. The summed E-state index contributed by atoms with van der Waals surface area (Å²) in [6, 6.07) is 2.02. The van der Waals surface area contributed by atoms with Crippen molar-refractivity contribution in [1.29, 1.82) is 0 Å². The Morgan fingerprint density at radius 2 is 2.20 bits per heavy atom. The zero-order valence-corrected chi connectivity index (χ0v) is 10.9.